The summed E-state index contributed by atoms with van der Waals surface area (Å²) < 4.78 is 13.8. The Labute approximate surface area is 155 Å². The predicted octanol–water partition coefficient (Wildman–Crippen LogP) is 4.19. The van der Waals surface area contributed by atoms with Crippen LogP contribution in [0.25, 0.3) is 21.8 Å². The smallest absolute Gasteiger partial charge is 0.178 e. The molecule has 5 rings (SSSR count). The topological polar surface area (TPSA) is 69.7 Å². The number of halogens is 1. The minimum absolute atomic E-state index is 0.414. The van der Waals surface area contributed by atoms with Gasteiger partial charge in [0.1, 0.15) is 17.5 Å². The first-order valence-electron chi connectivity index (χ1n) is 9.12. The number of aromatic amines is 1. The second kappa shape index (κ2) is 6.50. The number of aromatic nitrogens is 4. The van der Waals surface area contributed by atoms with E-state index in [0.717, 1.165) is 46.3 Å². The average molecular weight is 362 g/mol. The molecule has 7 heteroatoms. The molecule has 0 bridgehead atoms. The molecule has 1 saturated heterocycles. The van der Waals surface area contributed by atoms with Crippen molar-refractivity contribution in [1.82, 2.24) is 20.2 Å². The van der Waals surface area contributed by atoms with Crippen LogP contribution in [-0.2, 0) is 0 Å². The van der Waals surface area contributed by atoms with Crippen molar-refractivity contribution in [2.45, 2.75) is 19.0 Å². The molecular formula is C20H19FN6. The van der Waals surface area contributed by atoms with Crippen LogP contribution in [0.4, 0.5) is 21.7 Å². The molecule has 27 heavy (non-hydrogen) atoms. The zero-order valence-electron chi connectivity index (χ0n) is 14.7. The Morgan fingerprint density at radius 2 is 2.11 bits per heavy atom. The third kappa shape index (κ3) is 2.95. The molecule has 2 N–H and O–H groups in total. The highest BCUT2D eigenvalue weighted by atomic mass is 19.1. The van der Waals surface area contributed by atoms with Crippen LogP contribution in [0.2, 0.25) is 0 Å². The molecule has 3 aromatic heterocycles. The molecule has 0 saturated carbocycles. The molecule has 1 atom stereocenters. The molecule has 0 spiro atoms. The van der Waals surface area contributed by atoms with Crippen LogP contribution in [0.5, 0.6) is 0 Å². The van der Waals surface area contributed by atoms with Crippen LogP contribution < -0.4 is 10.2 Å². The van der Waals surface area contributed by atoms with Gasteiger partial charge in [-0.15, -0.1) is 0 Å². The van der Waals surface area contributed by atoms with Crippen LogP contribution in [0.1, 0.15) is 12.8 Å². The molecule has 1 fully saturated rings. The van der Waals surface area contributed by atoms with Crippen molar-refractivity contribution in [3.63, 3.8) is 0 Å². The molecule has 1 aliphatic heterocycles. The third-order valence-corrected chi connectivity index (χ3v) is 4.99. The van der Waals surface area contributed by atoms with Gasteiger partial charge in [0.15, 0.2) is 5.82 Å². The summed E-state index contributed by atoms with van der Waals surface area (Å²) in [7, 11) is 0. The molecule has 6 nitrogen and oxygen atoms in total. The first kappa shape index (κ1) is 16.0. The summed E-state index contributed by atoms with van der Waals surface area (Å²) in [6, 6.07) is 11.9. The largest absolute Gasteiger partial charge is 0.353 e. The second-order valence-electron chi connectivity index (χ2n) is 6.85. The summed E-state index contributed by atoms with van der Waals surface area (Å²) in [6.45, 7) is 1.26. The van der Waals surface area contributed by atoms with Crippen LogP contribution in [0.15, 0.2) is 48.8 Å². The fraction of sp³-hybridized carbons (Fsp3) is 0.250. The zero-order chi connectivity index (χ0) is 18.2. The van der Waals surface area contributed by atoms with Crippen LogP contribution in [0.3, 0.4) is 0 Å². The molecule has 1 aromatic carbocycles. The molecule has 4 heterocycles. The van der Waals surface area contributed by atoms with Gasteiger partial charge in [-0.2, -0.15) is 5.10 Å². The van der Waals surface area contributed by atoms with E-state index in [1.54, 1.807) is 12.4 Å². The van der Waals surface area contributed by atoms with E-state index in [0.29, 0.717) is 18.8 Å². The summed E-state index contributed by atoms with van der Waals surface area (Å²) in [6.07, 6.45) is 4.25. The Bertz CT molecular complexity index is 1110. The van der Waals surface area contributed by atoms with Gasteiger partial charge in [0.2, 0.25) is 0 Å². The van der Waals surface area contributed by atoms with E-state index in [-0.39, 0.29) is 0 Å². The number of nitrogens with one attached hydrogen (secondary N) is 2. The van der Waals surface area contributed by atoms with Crippen LogP contribution >= 0.6 is 0 Å². The Morgan fingerprint density at radius 3 is 3.04 bits per heavy atom. The highest BCUT2D eigenvalue weighted by Gasteiger charge is 2.21. The van der Waals surface area contributed by atoms with E-state index < -0.39 is 6.17 Å². The minimum atomic E-state index is -0.780. The van der Waals surface area contributed by atoms with Gasteiger partial charge in [0, 0.05) is 30.0 Å². The van der Waals surface area contributed by atoms with E-state index in [9.17, 15) is 4.39 Å². The Balaban J connectivity index is 1.49. The first-order valence-corrected chi connectivity index (χ1v) is 9.12. The summed E-state index contributed by atoms with van der Waals surface area (Å²) in [5.41, 5.74) is 2.61. The van der Waals surface area contributed by atoms with Gasteiger partial charge in [-0.3, -0.25) is 10.1 Å². The SMILES string of the molecule is FC1CCCN(c2nccc3cc(Nc4n[nH]c5cccnc45)ccc23)C1. The highest BCUT2D eigenvalue weighted by Crippen LogP contribution is 2.30. The monoisotopic (exact) mass is 362 g/mol. The number of fused-ring (bicyclic) bond motifs is 2. The van der Waals surface area contributed by atoms with Gasteiger partial charge in [-0.1, -0.05) is 0 Å². The minimum Gasteiger partial charge on any atom is -0.353 e. The highest BCUT2D eigenvalue weighted by molar-refractivity contribution is 5.95. The molecular weight excluding hydrogens is 343 g/mol. The number of anilines is 3. The van der Waals surface area contributed by atoms with E-state index >= 15 is 0 Å². The Kier molecular flexibility index (Phi) is 3.85. The second-order valence-corrected chi connectivity index (χ2v) is 6.85. The van der Waals surface area contributed by atoms with Gasteiger partial charge in [0.25, 0.3) is 0 Å². The van der Waals surface area contributed by atoms with Gasteiger partial charge in [-0.05, 0) is 54.6 Å². The standard InChI is InChI=1S/C20H19FN6/c21-14-3-2-10-27(12-14)20-16-6-5-15(11-13(16)7-9-23-20)24-19-18-17(25-26-19)4-1-8-22-18/h1,4-9,11,14H,2-3,10,12H2,(H2,24,25,26). The number of piperidine rings is 1. The lowest BCUT2D eigenvalue weighted by Crippen LogP contribution is -2.36. The predicted molar refractivity (Wildman–Crippen MR) is 105 cm³/mol. The van der Waals surface area contributed by atoms with E-state index in [4.69, 9.17) is 0 Å². The summed E-state index contributed by atoms with van der Waals surface area (Å²) >= 11 is 0. The Hall–Kier alpha value is -3.22. The number of alkyl halides is 1. The Morgan fingerprint density at radius 1 is 1.15 bits per heavy atom. The number of nitrogens with zero attached hydrogens (tertiary/aromatic N) is 4. The lowest BCUT2D eigenvalue weighted by molar-refractivity contribution is 0.286. The first-order chi connectivity index (χ1) is 13.3. The molecule has 4 aromatic rings. The molecule has 136 valence electrons. The maximum Gasteiger partial charge on any atom is 0.178 e. The van der Waals surface area contributed by atoms with Crippen molar-refractivity contribution in [3.05, 3.63) is 48.8 Å². The van der Waals surface area contributed by atoms with E-state index in [1.165, 1.54) is 0 Å². The van der Waals surface area contributed by atoms with E-state index in [2.05, 4.69) is 36.4 Å². The molecule has 0 amide bonds. The van der Waals surface area contributed by atoms with Gasteiger partial charge in [-0.25, -0.2) is 9.37 Å². The van der Waals surface area contributed by atoms with Gasteiger partial charge in [0.05, 0.1) is 12.1 Å². The lowest BCUT2D eigenvalue weighted by atomic mass is 10.1. The maximum absolute atomic E-state index is 13.8. The van der Waals surface area contributed by atoms with E-state index in [1.807, 2.05) is 30.3 Å². The number of rotatable bonds is 3. The number of pyridine rings is 2. The van der Waals surface area contributed by atoms with Crippen LogP contribution in [0, 0.1) is 0 Å². The van der Waals surface area contributed by atoms with Crippen molar-refractivity contribution >= 4 is 39.1 Å². The van der Waals surface area contributed by atoms with Crippen molar-refractivity contribution in [3.8, 4) is 0 Å². The quantitative estimate of drug-likeness (QED) is 0.572. The summed E-state index contributed by atoms with van der Waals surface area (Å²) in [4.78, 5) is 10.9. The average Bonchev–Trinajstić information content (AvgIpc) is 3.10. The van der Waals surface area contributed by atoms with Gasteiger partial charge < -0.3 is 10.2 Å². The fourth-order valence-electron chi connectivity index (χ4n) is 3.69. The number of hydrogen-bond donors (Lipinski definition) is 2. The maximum atomic E-state index is 13.8. The molecule has 0 aliphatic carbocycles. The third-order valence-electron chi connectivity index (χ3n) is 4.99. The number of hydrogen-bond acceptors (Lipinski definition) is 5. The lowest BCUT2D eigenvalue weighted by Gasteiger charge is -2.30. The van der Waals surface area contributed by atoms with Gasteiger partial charge >= 0.3 is 0 Å². The normalized spacial score (nSPS) is 17.5. The van der Waals surface area contributed by atoms with Crippen molar-refractivity contribution in [2.75, 3.05) is 23.3 Å². The van der Waals surface area contributed by atoms with Crippen molar-refractivity contribution in [1.29, 1.82) is 0 Å². The van der Waals surface area contributed by atoms with Crippen molar-refractivity contribution in [2.24, 2.45) is 0 Å². The molecule has 1 unspecified atom stereocenters. The molecule has 1 aliphatic rings. The summed E-state index contributed by atoms with van der Waals surface area (Å²) in [5, 5.41) is 12.7. The van der Waals surface area contributed by atoms with Crippen LogP contribution in [-0.4, -0.2) is 39.4 Å². The zero-order valence-corrected chi connectivity index (χ0v) is 14.7. The number of benzene rings is 1. The van der Waals surface area contributed by atoms with Crippen molar-refractivity contribution < 1.29 is 4.39 Å². The number of H-pyrrole nitrogens is 1. The molecule has 0 radical (unpaired) electrons. The fourth-order valence-corrected chi connectivity index (χ4v) is 3.69. The summed E-state index contributed by atoms with van der Waals surface area (Å²) in [5.74, 6) is 1.55.